The Labute approximate surface area is 283 Å². The van der Waals surface area contributed by atoms with E-state index in [-0.39, 0.29) is 5.41 Å². The van der Waals surface area contributed by atoms with Gasteiger partial charge < -0.3 is 4.90 Å². The quantitative estimate of drug-likeness (QED) is 0.140. The van der Waals surface area contributed by atoms with Crippen molar-refractivity contribution in [2.45, 2.75) is 19.3 Å². The van der Waals surface area contributed by atoms with Gasteiger partial charge in [-0.1, -0.05) is 122 Å². The predicted octanol–water partition coefficient (Wildman–Crippen LogP) is 11.6. The van der Waals surface area contributed by atoms with Gasteiger partial charge in [-0.15, -0.1) is 11.3 Å². The number of hydrogen-bond acceptors (Lipinski definition) is 2. The number of anilines is 3. The third-order valence-electron chi connectivity index (χ3n) is 10.4. The van der Waals surface area contributed by atoms with Gasteiger partial charge in [-0.2, -0.15) is 0 Å². The Morgan fingerprint density at radius 1 is 0.542 bits per heavy atom. The molecule has 0 N–H and O–H groups in total. The molecule has 0 saturated heterocycles. The van der Waals surface area contributed by atoms with Crippen molar-refractivity contribution in [3.05, 3.63) is 161 Å². The summed E-state index contributed by atoms with van der Waals surface area (Å²) in [5.74, 6) is 0. The van der Waals surface area contributed by atoms with Crippen LogP contribution in [0.4, 0.5) is 17.1 Å². The van der Waals surface area contributed by atoms with E-state index in [1.165, 1.54) is 81.1 Å². The summed E-state index contributed by atoms with van der Waals surface area (Å²) in [6, 6.07) is 51.6. The number of rotatable bonds is 4. The van der Waals surface area contributed by atoms with Gasteiger partial charge in [-0.3, -0.25) is 0 Å². The zero-order valence-electron chi connectivity index (χ0n) is 26.7. The Balaban J connectivity index is 1.16. The van der Waals surface area contributed by atoms with Crippen molar-refractivity contribution in [2.75, 3.05) is 4.90 Å². The van der Waals surface area contributed by atoms with E-state index in [0.29, 0.717) is 0 Å². The zero-order chi connectivity index (χ0) is 32.0. The highest BCUT2D eigenvalue weighted by atomic mass is 32.1. The first-order valence-corrected chi connectivity index (χ1v) is 17.4. The van der Waals surface area contributed by atoms with Gasteiger partial charge in [-0.05, 0) is 91.3 Å². The number of hydrogen-bond donors (Lipinski definition) is 0. The fourth-order valence-corrected chi connectivity index (χ4v) is 9.23. The molecule has 0 saturated carbocycles. The molecule has 0 unspecified atom stereocenters. The van der Waals surface area contributed by atoms with E-state index in [1.54, 1.807) is 0 Å². The van der Waals surface area contributed by atoms with Gasteiger partial charge in [0.15, 0.2) is 0 Å². The third-order valence-corrected chi connectivity index (χ3v) is 11.6. The zero-order valence-corrected chi connectivity index (χ0v) is 27.6. The monoisotopic (exact) mass is 631 g/mol. The van der Waals surface area contributed by atoms with Crippen molar-refractivity contribution < 1.29 is 0 Å². The number of fused-ring (bicyclic) bond motifs is 9. The Morgan fingerprint density at radius 2 is 1.25 bits per heavy atom. The Morgan fingerprint density at radius 3 is 2.12 bits per heavy atom. The maximum absolute atomic E-state index is 4.45. The standard InChI is InChI=1S/C45H31N2S/c1-45(2)40-16-8-7-14-35(40)36-23-22-31(25-41(36)45)47(42-17-9-15-37-39-26-46-27-43(39)48-44(37)42)30-20-18-28(19-21-30)38-24-29-10-3-4-11-32(29)33-12-5-6-13-34(33)38/h3-27H,1-2H3/q+1. The molecule has 2 aliphatic rings. The van der Waals surface area contributed by atoms with E-state index < -0.39 is 0 Å². The second-order valence-corrected chi connectivity index (χ2v) is 14.5. The fourth-order valence-electron chi connectivity index (χ4n) is 8.07. The van der Waals surface area contributed by atoms with E-state index in [2.05, 4.69) is 163 Å². The molecule has 0 atom stereocenters. The van der Waals surface area contributed by atoms with Gasteiger partial charge in [0.1, 0.15) is 4.88 Å². The highest BCUT2D eigenvalue weighted by Crippen LogP contribution is 2.51. The van der Waals surface area contributed by atoms with Gasteiger partial charge >= 0.3 is 12.4 Å². The van der Waals surface area contributed by atoms with Crippen LogP contribution < -0.4 is 9.57 Å². The van der Waals surface area contributed by atoms with Crippen molar-refractivity contribution in [1.82, 2.24) is 4.67 Å². The highest BCUT2D eigenvalue weighted by molar-refractivity contribution is 7.21. The summed E-state index contributed by atoms with van der Waals surface area (Å²) in [5.41, 5.74) is 12.5. The van der Waals surface area contributed by atoms with Gasteiger partial charge in [0.2, 0.25) is 0 Å². The summed E-state index contributed by atoms with van der Waals surface area (Å²) < 4.78 is 5.73. The second kappa shape index (κ2) is 10.1. The average molecular weight is 632 g/mol. The predicted molar refractivity (Wildman–Crippen MR) is 207 cm³/mol. The van der Waals surface area contributed by atoms with E-state index in [4.69, 9.17) is 0 Å². The Hall–Kier alpha value is -5.73. The lowest BCUT2D eigenvalue weighted by Crippen LogP contribution is -2.16. The molecule has 3 heteroatoms. The van der Waals surface area contributed by atoms with Crippen LogP contribution in [0, 0.1) is 0 Å². The van der Waals surface area contributed by atoms with Crippen molar-refractivity contribution in [3.8, 4) is 22.3 Å². The molecule has 0 fully saturated rings. The van der Waals surface area contributed by atoms with Crippen LogP contribution in [-0.4, -0.2) is 12.4 Å². The third kappa shape index (κ3) is 3.89. The van der Waals surface area contributed by atoms with Gasteiger partial charge in [-0.25, -0.2) is 0 Å². The SMILES string of the molecule is CC1(C)c2ccccc2-c2ccc(N(c3ccc(-c4cc5ccccc5c5ccccc45)cc3)c3cccc4c5c(sc34)C=[N+]=C5)cc21. The minimum absolute atomic E-state index is 0.0872. The van der Waals surface area contributed by atoms with E-state index in [1.807, 2.05) is 23.8 Å². The fraction of sp³-hybridized carbons (Fsp3) is 0.0667. The van der Waals surface area contributed by atoms with Crippen LogP contribution in [0.1, 0.15) is 35.4 Å². The van der Waals surface area contributed by atoms with Crippen LogP contribution in [-0.2, 0) is 5.41 Å². The lowest BCUT2D eigenvalue weighted by molar-refractivity contribution is 0.660. The van der Waals surface area contributed by atoms with Crippen molar-refractivity contribution >= 4 is 72.5 Å². The first-order chi connectivity index (χ1) is 23.6. The molecule has 48 heavy (non-hydrogen) atoms. The average Bonchev–Trinajstić information content (AvgIpc) is 3.80. The molecule has 2 heterocycles. The Kier molecular flexibility index (Phi) is 5.78. The molecule has 1 aliphatic carbocycles. The van der Waals surface area contributed by atoms with Crippen LogP contribution in [0.15, 0.2) is 140 Å². The molecule has 0 radical (unpaired) electrons. The van der Waals surface area contributed by atoms with E-state index in [9.17, 15) is 0 Å². The molecular weight excluding hydrogens is 601 g/mol. The van der Waals surface area contributed by atoms with Crippen molar-refractivity contribution in [1.29, 1.82) is 0 Å². The van der Waals surface area contributed by atoms with E-state index in [0.717, 1.165) is 11.4 Å². The normalized spacial score (nSPS) is 13.7. The maximum Gasteiger partial charge on any atom is 0.310 e. The lowest BCUT2D eigenvalue weighted by Gasteiger charge is -2.28. The molecule has 2 nitrogen and oxygen atoms in total. The molecule has 0 amide bonds. The maximum atomic E-state index is 4.45. The van der Waals surface area contributed by atoms with Gasteiger partial charge in [0.25, 0.3) is 0 Å². The lowest BCUT2D eigenvalue weighted by atomic mass is 9.82. The minimum Gasteiger partial charge on any atom is -0.309 e. The molecule has 0 spiro atoms. The molecule has 7 aromatic carbocycles. The summed E-state index contributed by atoms with van der Waals surface area (Å²) in [7, 11) is 0. The first kappa shape index (κ1) is 27.4. The first-order valence-electron chi connectivity index (χ1n) is 16.5. The molecule has 226 valence electrons. The molecule has 1 aliphatic heterocycles. The summed E-state index contributed by atoms with van der Waals surface area (Å²) >= 11 is 1.83. The summed E-state index contributed by atoms with van der Waals surface area (Å²) in [5, 5.41) is 6.37. The van der Waals surface area contributed by atoms with Gasteiger partial charge in [0.05, 0.1) is 16.0 Å². The largest absolute Gasteiger partial charge is 0.310 e. The summed E-state index contributed by atoms with van der Waals surface area (Å²) in [6.45, 7) is 4.71. The highest BCUT2D eigenvalue weighted by Gasteiger charge is 2.36. The van der Waals surface area contributed by atoms with Crippen LogP contribution in [0.2, 0.25) is 0 Å². The van der Waals surface area contributed by atoms with Gasteiger partial charge in [0, 0.05) is 22.2 Å². The molecule has 0 bridgehead atoms. The second-order valence-electron chi connectivity index (χ2n) is 13.4. The Bertz CT molecular complexity index is 2690. The molecule has 1 aromatic heterocycles. The summed E-state index contributed by atoms with van der Waals surface area (Å²) in [6.07, 6.45) is 3.99. The number of benzene rings is 7. The molecule has 10 rings (SSSR count). The van der Waals surface area contributed by atoms with E-state index >= 15 is 0 Å². The molecular formula is C45H31N2S+. The number of thiophene rings is 1. The smallest absolute Gasteiger partial charge is 0.309 e. The van der Waals surface area contributed by atoms with Crippen LogP contribution in [0.5, 0.6) is 0 Å². The molecule has 8 aromatic rings. The van der Waals surface area contributed by atoms with Crippen molar-refractivity contribution in [3.63, 3.8) is 0 Å². The minimum atomic E-state index is -0.0872. The van der Waals surface area contributed by atoms with Crippen LogP contribution >= 0.6 is 11.3 Å². The van der Waals surface area contributed by atoms with Crippen LogP contribution in [0.25, 0.3) is 53.9 Å². The van der Waals surface area contributed by atoms with Crippen LogP contribution in [0.3, 0.4) is 0 Å². The summed E-state index contributed by atoms with van der Waals surface area (Å²) in [4.78, 5) is 3.67. The van der Waals surface area contributed by atoms with Crippen molar-refractivity contribution in [2.24, 2.45) is 0 Å². The number of nitrogens with zero attached hydrogens (tertiary/aromatic N) is 2. The topological polar surface area (TPSA) is 17.3 Å².